The van der Waals surface area contributed by atoms with E-state index in [1.54, 1.807) is 30.6 Å². The molecule has 0 aliphatic carbocycles. The maximum Gasteiger partial charge on any atom is 0.236 e. The number of aromatic amines is 1. The van der Waals surface area contributed by atoms with Gasteiger partial charge in [-0.25, -0.2) is 13.4 Å². The van der Waals surface area contributed by atoms with Crippen LogP contribution in [0.4, 0.5) is 5.69 Å². The standard InChI is InChI=1S/C24H23N3O3S/c28-31(29,17-20-6-2-1-3-7-20)27-21-12-10-19(11-13-21)14-15-30-24-9-5-4-8-22(24)23-16-25-18-26-23/h1-13,16,18,27H,14-15,17H2,(H,25,26). The molecule has 0 amide bonds. The van der Waals surface area contributed by atoms with E-state index in [2.05, 4.69) is 14.7 Å². The molecule has 31 heavy (non-hydrogen) atoms. The second-order valence-electron chi connectivity index (χ2n) is 7.09. The molecule has 1 heterocycles. The van der Waals surface area contributed by atoms with Crippen molar-refractivity contribution in [3.8, 4) is 17.0 Å². The first-order valence-electron chi connectivity index (χ1n) is 9.93. The molecule has 6 nitrogen and oxygen atoms in total. The predicted octanol–water partition coefficient (Wildman–Crippen LogP) is 4.64. The number of nitrogens with zero attached hydrogens (tertiary/aromatic N) is 1. The van der Waals surface area contributed by atoms with Gasteiger partial charge in [-0.15, -0.1) is 0 Å². The summed E-state index contributed by atoms with van der Waals surface area (Å²) in [6, 6.07) is 24.3. The molecule has 0 aliphatic rings. The number of H-pyrrole nitrogens is 1. The Hall–Kier alpha value is -3.58. The fraction of sp³-hybridized carbons (Fsp3) is 0.125. The van der Waals surface area contributed by atoms with Crippen LogP contribution in [0.2, 0.25) is 0 Å². The van der Waals surface area contributed by atoms with Gasteiger partial charge in [-0.2, -0.15) is 0 Å². The number of hydrogen-bond acceptors (Lipinski definition) is 4. The Bertz CT molecular complexity index is 1210. The van der Waals surface area contributed by atoms with Gasteiger partial charge in [-0.3, -0.25) is 4.72 Å². The maximum atomic E-state index is 12.4. The number of anilines is 1. The average molecular weight is 434 g/mol. The van der Waals surface area contributed by atoms with Crippen molar-refractivity contribution >= 4 is 15.7 Å². The second kappa shape index (κ2) is 9.49. The van der Waals surface area contributed by atoms with Gasteiger partial charge in [0.25, 0.3) is 0 Å². The normalized spacial score (nSPS) is 11.2. The number of ether oxygens (including phenoxy) is 1. The Balaban J connectivity index is 1.33. The average Bonchev–Trinajstić information content (AvgIpc) is 3.30. The van der Waals surface area contributed by atoms with E-state index in [1.165, 1.54) is 0 Å². The highest BCUT2D eigenvalue weighted by Crippen LogP contribution is 2.28. The fourth-order valence-corrected chi connectivity index (χ4v) is 4.44. The highest BCUT2D eigenvalue weighted by molar-refractivity contribution is 7.91. The zero-order chi connectivity index (χ0) is 21.5. The first-order chi connectivity index (χ1) is 15.1. The van der Waals surface area contributed by atoms with Gasteiger partial charge >= 0.3 is 0 Å². The topological polar surface area (TPSA) is 84.1 Å². The van der Waals surface area contributed by atoms with Gasteiger partial charge in [-0.05, 0) is 35.4 Å². The van der Waals surface area contributed by atoms with E-state index in [4.69, 9.17) is 4.74 Å². The Labute approximate surface area is 182 Å². The van der Waals surface area contributed by atoms with Crippen molar-refractivity contribution in [2.45, 2.75) is 12.2 Å². The van der Waals surface area contributed by atoms with Gasteiger partial charge in [0.1, 0.15) is 5.75 Å². The van der Waals surface area contributed by atoms with Crippen LogP contribution in [0, 0.1) is 0 Å². The van der Waals surface area contributed by atoms with Gasteiger partial charge in [0.05, 0.1) is 24.4 Å². The van der Waals surface area contributed by atoms with Crippen LogP contribution in [0.1, 0.15) is 11.1 Å². The summed E-state index contributed by atoms with van der Waals surface area (Å²) in [6.07, 6.45) is 4.17. The highest BCUT2D eigenvalue weighted by atomic mass is 32.2. The van der Waals surface area contributed by atoms with Gasteiger partial charge in [-0.1, -0.05) is 54.6 Å². The van der Waals surface area contributed by atoms with Crippen LogP contribution < -0.4 is 9.46 Å². The quantitative estimate of drug-likeness (QED) is 0.403. The lowest BCUT2D eigenvalue weighted by Gasteiger charge is -2.11. The molecule has 0 saturated carbocycles. The first kappa shape index (κ1) is 20.7. The minimum absolute atomic E-state index is 0.0567. The molecule has 0 spiro atoms. The summed E-state index contributed by atoms with van der Waals surface area (Å²) in [6.45, 7) is 0.501. The highest BCUT2D eigenvalue weighted by Gasteiger charge is 2.12. The lowest BCUT2D eigenvalue weighted by atomic mass is 10.1. The van der Waals surface area contributed by atoms with Crippen LogP contribution in [-0.4, -0.2) is 25.0 Å². The summed E-state index contributed by atoms with van der Waals surface area (Å²) in [5.41, 5.74) is 4.13. The van der Waals surface area contributed by atoms with Crippen LogP contribution in [0.3, 0.4) is 0 Å². The summed E-state index contributed by atoms with van der Waals surface area (Å²) < 4.78 is 33.4. The molecule has 0 aliphatic heterocycles. The van der Waals surface area contributed by atoms with Crippen LogP contribution in [0.15, 0.2) is 91.4 Å². The molecular formula is C24H23N3O3S. The monoisotopic (exact) mass is 433 g/mol. The number of sulfonamides is 1. The summed E-state index contributed by atoms with van der Waals surface area (Å²) in [5.74, 6) is 0.721. The van der Waals surface area contributed by atoms with E-state index in [1.807, 2.05) is 60.8 Å². The molecule has 3 aromatic carbocycles. The van der Waals surface area contributed by atoms with Crippen molar-refractivity contribution in [1.29, 1.82) is 0 Å². The Morgan fingerprint density at radius 1 is 0.871 bits per heavy atom. The van der Waals surface area contributed by atoms with E-state index in [-0.39, 0.29) is 5.75 Å². The summed E-state index contributed by atoms with van der Waals surface area (Å²) in [4.78, 5) is 7.24. The molecule has 7 heteroatoms. The van der Waals surface area contributed by atoms with E-state index in [9.17, 15) is 8.42 Å². The van der Waals surface area contributed by atoms with Gasteiger partial charge in [0.15, 0.2) is 0 Å². The number of imidazole rings is 1. The number of rotatable bonds is 9. The zero-order valence-corrected chi connectivity index (χ0v) is 17.7. The van der Waals surface area contributed by atoms with Crippen LogP contribution in [0.5, 0.6) is 5.75 Å². The molecule has 0 bridgehead atoms. The fourth-order valence-electron chi connectivity index (χ4n) is 3.24. The Kier molecular flexibility index (Phi) is 6.33. The lowest BCUT2D eigenvalue weighted by molar-refractivity contribution is 0.323. The molecule has 0 atom stereocenters. The number of para-hydroxylation sites is 1. The van der Waals surface area contributed by atoms with E-state index >= 15 is 0 Å². The lowest BCUT2D eigenvalue weighted by Crippen LogP contribution is -2.15. The van der Waals surface area contributed by atoms with Crippen molar-refractivity contribution in [2.24, 2.45) is 0 Å². The van der Waals surface area contributed by atoms with Gasteiger partial charge < -0.3 is 9.72 Å². The molecule has 4 aromatic rings. The molecule has 2 N–H and O–H groups in total. The minimum Gasteiger partial charge on any atom is -0.493 e. The maximum absolute atomic E-state index is 12.4. The number of benzene rings is 3. The van der Waals surface area contributed by atoms with E-state index in [0.29, 0.717) is 18.7 Å². The van der Waals surface area contributed by atoms with Crippen molar-refractivity contribution in [2.75, 3.05) is 11.3 Å². The third kappa shape index (κ3) is 5.73. The first-order valence-corrected chi connectivity index (χ1v) is 11.6. The molecule has 158 valence electrons. The Morgan fingerprint density at radius 3 is 2.35 bits per heavy atom. The van der Waals surface area contributed by atoms with Crippen molar-refractivity contribution in [3.63, 3.8) is 0 Å². The van der Waals surface area contributed by atoms with Crippen molar-refractivity contribution in [1.82, 2.24) is 9.97 Å². The number of hydrogen-bond donors (Lipinski definition) is 2. The van der Waals surface area contributed by atoms with Gasteiger partial charge in [0, 0.05) is 23.9 Å². The SMILES string of the molecule is O=S(=O)(Cc1ccccc1)Nc1ccc(CCOc2ccccc2-c2c[nH]cn2)cc1. The largest absolute Gasteiger partial charge is 0.493 e. The molecule has 4 rings (SSSR count). The zero-order valence-electron chi connectivity index (χ0n) is 16.9. The van der Waals surface area contributed by atoms with Crippen LogP contribution in [0.25, 0.3) is 11.3 Å². The Morgan fingerprint density at radius 2 is 1.61 bits per heavy atom. The van der Waals surface area contributed by atoms with Crippen LogP contribution >= 0.6 is 0 Å². The van der Waals surface area contributed by atoms with Crippen LogP contribution in [-0.2, 0) is 22.2 Å². The molecule has 0 fully saturated rings. The summed E-state index contributed by atoms with van der Waals surface area (Å²) >= 11 is 0. The van der Waals surface area contributed by atoms with Crippen molar-refractivity contribution < 1.29 is 13.2 Å². The number of nitrogens with one attached hydrogen (secondary N) is 2. The minimum atomic E-state index is -3.46. The molecule has 1 aromatic heterocycles. The predicted molar refractivity (Wildman–Crippen MR) is 122 cm³/mol. The second-order valence-corrected chi connectivity index (χ2v) is 8.82. The molecule has 0 unspecified atom stereocenters. The van der Waals surface area contributed by atoms with Crippen molar-refractivity contribution in [3.05, 3.63) is 103 Å². The molecular weight excluding hydrogens is 410 g/mol. The summed E-state index contributed by atoms with van der Waals surface area (Å²) in [7, 11) is -3.46. The van der Waals surface area contributed by atoms with E-state index < -0.39 is 10.0 Å². The third-order valence-electron chi connectivity index (χ3n) is 4.74. The smallest absolute Gasteiger partial charge is 0.236 e. The summed E-state index contributed by atoms with van der Waals surface area (Å²) in [5, 5.41) is 0. The molecule has 0 radical (unpaired) electrons. The number of aromatic nitrogens is 2. The third-order valence-corrected chi connectivity index (χ3v) is 6.00. The van der Waals surface area contributed by atoms with E-state index in [0.717, 1.165) is 28.1 Å². The van der Waals surface area contributed by atoms with Gasteiger partial charge in [0.2, 0.25) is 10.0 Å². The molecule has 0 saturated heterocycles.